The summed E-state index contributed by atoms with van der Waals surface area (Å²) in [7, 11) is 0. The molecule has 4 heteroatoms. The molecule has 1 aromatic rings. The van der Waals surface area contributed by atoms with Crippen LogP contribution in [0.1, 0.15) is 5.56 Å². The van der Waals surface area contributed by atoms with E-state index >= 15 is 0 Å². The zero-order chi connectivity index (χ0) is 10.7. The van der Waals surface area contributed by atoms with E-state index in [1.807, 2.05) is 6.07 Å². The number of rotatable bonds is 2. The van der Waals surface area contributed by atoms with Gasteiger partial charge in [-0.2, -0.15) is 0 Å². The van der Waals surface area contributed by atoms with E-state index in [2.05, 4.69) is 16.5 Å². The molecule has 15 heavy (non-hydrogen) atoms. The van der Waals surface area contributed by atoms with Crippen molar-refractivity contribution in [2.24, 2.45) is 0 Å². The standard InChI is InChI=1S/C11H15N3O/c1-2-9-3-4-13-11(10(9)12)14-5-7-15-8-6-14/h2-4H,1,5-8,12H2. The number of ether oxygens (including phenoxy) is 1. The lowest BCUT2D eigenvalue weighted by Gasteiger charge is -2.29. The fraction of sp³-hybridized carbons (Fsp3) is 0.364. The second kappa shape index (κ2) is 4.31. The minimum atomic E-state index is 0.703. The molecule has 2 rings (SSSR count). The minimum Gasteiger partial charge on any atom is -0.395 e. The molecule has 0 aliphatic carbocycles. The van der Waals surface area contributed by atoms with Crippen molar-refractivity contribution in [1.82, 2.24) is 4.98 Å². The van der Waals surface area contributed by atoms with Gasteiger partial charge in [-0.3, -0.25) is 0 Å². The molecule has 2 N–H and O–H groups in total. The summed E-state index contributed by atoms with van der Waals surface area (Å²) in [4.78, 5) is 6.45. The van der Waals surface area contributed by atoms with Crippen LogP contribution in [0.4, 0.5) is 11.5 Å². The lowest BCUT2D eigenvalue weighted by atomic mass is 10.2. The van der Waals surface area contributed by atoms with Crippen LogP contribution in [0.15, 0.2) is 18.8 Å². The van der Waals surface area contributed by atoms with E-state index in [4.69, 9.17) is 10.5 Å². The van der Waals surface area contributed by atoms with Gasteiger partial charge in [0.25, 0.3) is 0 Å². The Bertz CT molecular complexity index is 359. The molecule has 0 spiro atoms. The van der Waals surface area contributed by atoms with Crippen molar-refractivity contribution in [2.45, 2.75) is 0 Å². The highest BCUT2D eigenvalue weighted by atomic mass is 16.5. The van der Waals surface area contributed by atoms with Gasteiger partial charge in [-0.1, -0.05) is 12.7 Å². The quantitative estimate of drug-likeness (QED) is 0.786. The molecule has 1 fully saturated rings. The van der Waals surface area contributed by atoms with E-state index in [9.17, 15) is 0 Å². The second-order valence-electron chi connectivity index (χ2n) is 3.44. The van der Waals surface area contributed by atoms with E-state index in [0.29, 0.717) is 5.69 Å². The number of nitrogen functional groups attached to an aromatic ring is 1. The van der Waals surface area contributed by atoms with Gasteiger partial charge >= 0.3 is 0 Å². The van der Waals surface area contributed by atoms with E-state index in [0.717, 1.165) is 37.7 Å². The normalized spacial score (nSPS) is 16.4. The van der Waals surface area contributed by atoms with Crippen molar-refractivity contribution in [3.63, 3.8) is 0 Å². The van der Waals surface area contributed by atoms with Gasteiger partial charge < -0.3 is 15.4 Å². The summed E-state index contributed by atoms with van der Waals surface area (Å²) in [6, 6.07) is 1.87. The Labute approximate surface area is 89.4 Å². The Morgan fingerprint density at radius 2 is 2.20 bits per heavy atom. The highest BCUT2D eigenvalue weighted by molar-refractivity contribution is 5.74. The second-order valence-corrected chi connectivity index (χ2v) is 3.44. The SMILES string of the molecule is C=Cc1ccnc(N2CCOCC2)c1N. The lowest BCUT2D eigenvalue weighted by molar-refractivity contribution is 0.122. The predicted octanol–water partition coefficient (Wildman–Crippen LogP) is 1.14. The monoisotopic (exact) mass is 205 g/mol. The van der Waals surface area contributed by atoms with Crippen LogP contribution in [0.5, 0.6) is 0 Å². The third-order valence-electron chi connectivity index (χ3n) is 2.53. The van der Waals surface area contributed by atoms with Crippen molar-refractivity contribution >= 4 is 17.6 Å². The van der Waals surface area contributed by atoms with Gasteiger partial charge in [-0.25, -0.2) is 4.98 Å². The molecule has 1 aromatic heterocycles. The Kier molecular flexibility index (Phi) is 2.87. The zero-order valence-electron chi connectivity index (χ0n) is 8.65. The van der Waals surface area contributed by atoms with Crippen LogP contribution in [-0.2, 0) is 4.74 Å². The number of pyridine rings is 1. The van der Waals surface area contributed by atoms with E-state index in [1.54, 1.807) is 12.3 Å². The maximum Gasteiger partial charge on any atom is 0.152 e. The molecule has 0 bridgehead atoms. The molecule has 1 aliphatic heterocycles. The average molecular weight is 205 g/mol. The van der Waals surface area contributed by atoms with Gasteiger partial charge in [0.05, 0.1) is 18.9 Å². The van der Waals surface area contributed by atoms with Crippen molar-refractivity contribution in [3.05, 3.63) is 24.4 Å². The van der Waals surface area contributed by atoms with Gasteiger partial charge in [0.1, 0.15) is 0 Å². The summed E-state index contributed by atoms with van der Waals surface area (Å²) in [5.74, 6) is 0.843. The van der Waals surface area contributed by atoms with Crippen LogP contribution in [-0.4, -0.2) is 31.3 Å². The predicted molar refractivity (Wildman–Crippen MR) is 61.8 cm³/mol. The number of aromatic nitrogens is 1. The molecule has 0 radical (unpaired) electrons. The molecule has 1 aliphatic rings. The molecule has 2 heterocycles. The Hall–Kier alpha value is -1.55. The summed E-state index contributed by atoms with van der Waals surface area (Å²) >= 11 is 0. The van der Waals surface area contributed by atoms with Crippen LogP contribution in [0.25, 0.3) is 6.08 Å². The van der Waals surface area contributed by atoms with Crippen molar-refractivity contribution in [2.75, 3.05) is 36.9 Å². The molecule has 0 aromatic carbocycles. The molecular weight excluding hydrogens is 190 g/mol. The lowest BCUT2D eigenvalue weighted by Crippen LogP contribution is -2.37. The third-order valence-corrected chi connectivity index (χ3v) is 2.53. The van der Waals surface area contributed by atoms with Gasteiger partial charge in [-0.05, 0) is 6.07 Å². The molecule has 0 unspecified atom stereocenters. The number of nitrogens with zero attached hydrogens (tertiary/aromatic N) is 2. The smallest absolute Gasteiger partial charge is 0.152 e. The van der Waals surface area contributed by atoms with Crippen molar-refractivity contribution < 1.29 is 4.74 Å². The van der Waals surface area contributed by atoms with Gasteiger partial charge in [-0.15, -0.1) is 0 Å². The molecule has 80 valence electrons. The summed E-state index contributed by atoms with van der Waals surface area (Å²) < 4.78 is 5.29. The van der Waals surface area contributed by atoms with Crippen LogP contribution < -0.4 is 10.6 Å². The zero-order valence-corrected chi connectivity index (χ0v) is 8.65. The first-order chi connectivity index (χ1) is 7.33. The molecule has 4 nitrogen and oxygen atoms in total. The highest BCUT2D eigenvalue weighted by Gasteiger charge is 2.15. The molecule has 1 saturated heterocycles. The first-order valence-corrected chi connectivity index (χ1v) is 5.02. The number of morpholine rings is 1. The molecule has 0 amide bonds. The van der Waals surface area contributed by atoms with Crippen LogP contribution in [0.2, 0.25) is 0 Å². The summed E-state index contributed by atoms with van der Waals surface area (Å²) in [5.41, 5.74) is 7.65. The first-order valence-electron chi connectivity index (χ1n) is 5.02. The van der Waals surface area contributed by atoms with Crippen LogP contribution >= 0.6 is 0 Å². The first kappa shape index (κ1) is 9.98. The largest absolute Gasteiger partial charge is 0.395 e. The van der Waals surface area contributed by atoms with Crippen LogP contribution in [0.3, 0.4) is 0 Å². The molecule has 0 atom stereocenters. The fourth-order valence-electron chi connectivity index (χ4n) is 1.68. The maximum atomic E-state index is 6.01. The Morgan fingerprint density at radius 1 is 1.47 bits per heavy atom. The van der Waals surface area contributed by atoms with Gasteiger partial charge in [0.2, 0.25) is 0 Å². The topological polar surface area (TPSA) is 51.4 Å². The number of hydrogen-bond donors (Lipinski definition) is 1. The Balaban J connectivity index is 2.30. The van der Waals surface area contributed by atoms with E-state index in [1.165, 1.54) is 0 Å². The average Bonchev–Trinajstić information content (AvgIpc) is 2.30. The number of anilines is 2. The van der Waals surface area contributed by atoms with Crippen molar-refractivity contribution in [3.8, 4) is 0 Å². The van der Waals surface area contributed by atoms with E-state index < -0.39 is 0 Å². The van der Waals surface area contributed by atoms with Crippen molar-refractivity contribution in [1.29, 1.82) is 0 Å². The molecule has 0 saturated carbocycles. The van der Waals surface area contributed by atoms with Gasteiger partial charge in [0, 0.05) is 24.8 Å². The number of hydrogen-bond acceptors (Lipinski definition) is 4. The highest BCUT2D eigenvalue weighted by Crippen LogP contribution is 2.25. The summed E-state index contributed by atoms with van der Waals surface area (Å²) in [6.07, 6.45) is 3.51. The van der Waals surface area contributed by atoms with Gasteiger partial charge in [0.15, 0.2) is 5.82 Å². The number of nitrogens with two attached hydrogens (primary N) is 1. The Morgan fingerprint density at radius 3 is 2.87 bits per heavy atom. The summed E-state index contributed by atoms with van der Waals surface area (Å²) in [6.45, 7) is 6.89. The fourth-order valence-corrected chi connectivity index (χ4v) is 1.68. The molecular formula is C11H15N3O. The minimum absolute atomic E-state index is 0.703. The van der Waals surface area contributed by atoms with Crippen LogP contribution in [0, 0.1) is 0 Å². The summed E-state index contributed by atoms with van der Waals surface area (Å²) in [5, 5.41) is 0. The third kappa shape index (κ3) is 1.94. The maximum absolute atomic E-state index is 6.01. The van der Waals surface area contributed by atoms with E-state index in [-0.39, 0.29) is 0 Å².